The Hall–Kier alpha value is -2.68. The van der Waals surface area contributed by atoms with Gasteiger partial charge in [-0.15, -0.1) is 0 Å². The molecular weight excluding hydrogens is 490 g/mol. The van der Waals surface area contributed by atoms with Crippen molar-refractivity contribution < 1.29 is 22.4 Å². The van der Waals surface area contributed by atoms with Crippen LogP contribution in [-0.4, -0.2) is 20.4 Å². The van der Waals surface area contributed by atoms with Crippen LogP contribution in [-0.2, 0) is 27.7 Å². The van der Waals surface area contributed by atoms with E-state index in [1.54, 1.807) is 25.1 Å². The van der Waals surface area contributed by atoms with Crippen molar-refractivity contribution >= 4 is 38.6 Å². The van der Waals surface area contributed by atoms with Crippen molar-refractivity contribution in [1.29, 1.82) is 0 Å². The minimum absolute atomic E-state index is 0.00548. The van der Waals surface area contributed by atoms with E-state index in [0.29, 0.717) is 18.4 Å². The van der Waals surface area contributed by atoms with Crippen LogP contribution in [0.4, 0.5) is 0 Å². The molecule has 1 aliphatic rings. The normalized spacial score (nSPS) is 15.4. The van der Waals surface area contributed by atoms with Crippen LogP contribution in [0.5, 0.6) is 5.75 Å². The first-order valence-corrected chi connectivity index (χ1v) is 13.6. The largest absolute Gasteiger partial charge is 0.424 e. The average Bonchev–Trinajstić information content (AvgIpc) is 2.83. The van der Waals surface area contributed by atoms with Gasteiger partial charge < -0.3 is 9.15 Å². The van der Waals surface area contributed by atoms with Gasteiger partial charge in [0.05, 0.1) is 9.92 Å². The maximum absolute atomic E-state index is 13.2. The summed E-state index contributed by atoms with van der Waals surface area (Å²) in [6.45, 7) is 5.47. The van der Waals surface area contributed by atoms with Gasteiger partial charge in [-0.25, -0.2) is 18.0 Å². The first-order chi connectivity index (χ1) is 16.6. The highest BCUT2D eigenvalue weighted by molar-refractivity contribution is 7.89. The summed E-state index contributed by atoms with van der Waals surface area (Å²) in [6.07, 6.45) is 3.85. The lowest BCUT2D eigenvalue weighted by Crippen LogP contribution is -2.46. The third-order valence-corrected chi connectivity index (χ3v) is 8.32. The lowest BCUT2D eigenvalue weighted by Gasteiger charge is -2.23. The standard InChI is InChI=1S/C26H28ClNO6S/c1-4-16(3)24(28-35(31,32)17-11-9-15(2)10-12-17)26(30)34-23-14-22-20(13-21(23)27)18-7-5-6-8-19(18)25(29)33-22/h9-14,16,24,28H,4-8H2,1-3H3/t16-,24-/m0/s1. The molecule has 0 unspecified atom stereocenters. The Morgan fingerprint density at radius 2 is 1.80 bits per heavy atom. The monoisotopic (exact) mass is 517 g/mol. The number of sulfonamides is 1. The number of rotatable bonds is 7. The molecule has 0 aliphatic heterocycles. The molecule has 0 radical (unpaired) electrons. The van der Waals surface area contributed by atoms with Gasteiger partial charge in [-0.2, -0.15) is 4.72 Å². The molecule has 1 N–H and O–H groups in total. The Balaban J connectivity index is 1.65. The number of hydrogen-bond donors (Lipinski definition) is 1. The fourth-order valence-corrected chi connectivity index (χ4v) is 5.77. The zero-order valence-electron chi connectivity index (χ0n) is 19.9. The average molecular weight is 518 g/mol. The summed E-state index contributed by atoms with van der Waals surface area (Å²) in [7, 11) is -3.97. The quantitative estimate of drug-likeness (QED) is 0.271. The number of carbonyl (C=O) groups is 1. The van der Waals surface area contributed by atoms with Gasteiger partial charge in [0.25, 0.3) is 0 Å². The van der Waals surface area contributed by atoms with Crippen LogP contribution in [0.3, 0.4) is 0 Å². The smallest absolute Gasteiger partial charge is 0.339 e. The van der Waals surface area contributed by atoms with Crippen molar-refractivity contribution in [2.75, 3.05) is 0 Å². The maximum atomic E-state index is 13.2. The Bertz CT molecular complexity index is 1430. The first-order valence-electron chi connectivity index (χ1n) is 11.7. The van der Waals surface area contributed by atoms with E-state index < -0.39 is 27.7 Å². The van der Waals surface area contributed by atoms with Gasteiger partial charge in [-0.1, -0.05) is 49.6 Å². The van der Waals surface area contributed by atoms with E-state index in [0.717, 1.165) is 35.8 Å². The summed E-state index contributed by atoms with van der Waals surface area (Å²) in [4.78, 5) is 25.7. The zero-order valence-corrected chi connectivity index (χ0v) is 21.5. The molecule has 0 bridgehead atoms. The molecule has 0 saturated heterocycles. The van der Waals surface area contributed by atoms with Crippen LogP contribution in [0.1, 0.15) is 49.8 Å². The third-order valence-electron chi connectivity index (χ3n) is 6.57. The van der Waals surface area contributed by atoms with Gasteiger partial charge >= 0.3 is 11.6 Å². The van der Waals surface area contributed by atoms with Crippen molar-refractivity contribution in [3.63, 3.8) is 0 Å². The topological polar surface area (TPSA) is 103 Å². The molecule has 3 aromatic rings. The van der Waals surface area contributed by atoms with Crippen LogP contribution in [0, 0.1) is 12.8 Å². The molecule has 35 heavy (non-hydrogen) atoms. The summed E-state index contributed by atoms with van der Waals surface area (Å²) < 4.78 is 39.5. The van der Waals surface area contributed by atoms with Gasteiger partial charge in [0.1, 0.15) is 11.6 Å². The third kappa shape index (κ3) is 5.29. The van der Waals surface area contributed by atoms with Crippen molar-refractivity contribution in [3.8, 4) is 5.75 Å². The Morgan fingerprint density at radius 1 is 1.14 bits per heavy atom. The van der Waals surface area contributed by atoms with E-state index in [-0.39, 0.29) is 27.2 Å². The van der Waals surface area contributed by atoms with Crippen LogP contribution in [0.25, 0.3) is 11.0 Å². The molecule has 0 fully saturated rings. The van der Waals surface area contributed by atoms with E-state index in [1.165, 1.54) is 18.2 Å². The lowest BCUT2D eigenvalue weighted by molar-refractivity contribution is -0.137. The minimum atomic E-state index is -3.97. The maximum Gasteiger partial charge on any atom is 0.339 e. The van der Waals surface area contributed by atoms with Gasteiger partial charge in [-0.3, -0.25) is 0 Å². The van der Waals surface area contributed by atoms with Crippen molar-refractivity contribution in [2.24, 2.45) is 5.92 Å². The fraction of sp³-hybridized carbons (Fsp3) is 0.385. The van der Waals surface area contributed by atoms with E-state index in [9.17, 15) is 18.0 Å². The molecule has 1 aromatic heterocycles. The van der Waals surface area contributed by atoms with Crippen LogP contribution < -0.4 is 15.1 Å². The van der Waals surface area contributed by atoms with Crippen LogP contribution >= 0.6 is 11.6 Å². The second-order valence-corrected chi connectivity index (χ2v) is 11.2. The summed E-state index contributed by atoms with van der Waals surface area (Å²) >= 11 is 6.46. The number of carbonyl (C=O) groups excluding carboxylic acids is 1. The number of esters is 1. The molecule has 186 valence electrons. The molecule has 0 amide bonds. The number of benzene rings is 2. The van der Waals surface area contributed by atoms with E-state index in [4.69, 9.17) is 20.8 Å². The van der Waals surface area contributed by atoms with Crippen LogP contribution in [0.2, 0.25) is 5.02 Å². The summed E-state index contributed by atoms with van der Waals surface area (Å²) in [6, 6.07) is 8.27. The van der Waals surface area contributed by atoms with Gasteiger partial charge in [0, 0.05) is 17.0 Å². The highest BCUT2D eigenvalue weighted by atomic mass is 35.5. The van der Waals surface area contributed by atoms with Gasteiger partial charge in [0.15, 0.2) is 5.75 Å². The lowest BCUT2D eigenvalue weighted by atomic mass is 9.90. The molecule has 1 aliphatic carbocycles. The molecule has 9 heteroatoms. The highest BCUT2D eigenvalue weighted by Crippen LogP contribution is 2.34. The number of fused-ring (bicyclic) bond motifs is 3. The predicted molar refractivity (Wildman–Crippen MR) is 135 cm³/mol. The van der Waals surface area contributed by atoms with E-state index in [2.05, 4.69) is 4.72 Å². The molecule has 1 heterocycles. The molecule has 0 spiro atoms. The number of nitrogens with one attached hydrogen (secondary N) is 1. The number of ether oxygens (including phenoxy) is 1. The van der Waals surface area contributed by atoms with Crippen LogP contribution in [0.15, 0.2) is 50.5 Å². The molecule has 7 nitrogen and oxygen atoms in total. The second kappa shape index (κ2) is 10.1. The molecule has 2 aromatic carbocycles. The Kier molecular flexibility index (Phi) is 7.35. The Labute approximate surface area is 209 Å². The number of aryl methyl sites for hydroxylation is 2. The fourth-order valence-electron chi connectivity index (χ4n) is 4.28. The van der Waals surface area contributed by atoms with Crippen molar-refractivity contribution in [3.05, 3.63) is 68.5 Å². The van der Waals surface area contributed by atoms with Gasteiger partial charge in [-0.05, 0) is 62.3 Å². The highest BCUT2D eigenvalue weighted by Gasteiger charge is 2.32. The van der Waals surface area contributed by atoms with E-state index >= 15 is 0 Å². The van der Waals surface area contributed by atoms with Gasteiger partial charge in [0.2, 0.25) is 10.0 Å². The van der Waals surface area contributed by atoms with E-state index in [1.807, 2.05) is 13.8 Å². The number of halogens is 1. The number of hydrogen-bond acceptors (Lipinski definition) is 6. The zero-order chi connectivity index (χ0) is 25.3. The molecule has 2 atom stereocenters. The summed E-state index contributed by atoms with van der Waals surface area (Å²) in [5.74, 6) is -1.14. The minimum Gasteiger partial charge on any atom is -0.424 e. The SMILES string of the molecule is CC[C@H](C)[C@H](NS(=O)(=O)c1ccc(C)cc1)C(=O)Oc1cc2oc(=O)c3c(c2cc1Cl)CCCC3. The van der Waals surface area contributed by atoms with Crippen molar-refractivity contribution in [2.45, 2.75) is 63.8 Å². The predicted octanol–water partition coefficient (Wildman–Crippen LogP) is 4.93. The molecular formula is C26H28ClNO6S. The summed E-state index contributed by atoms with van der Waals surface area (Å²) in [5.41, 5.74) is 2.40. The second-order valence-electron chi connectivity index (χ2n) is 9.05. The Morgan fingerprint density at radius 3 is 2.46 bits per heavy atom. The first kappa shape index (κ1) is 25.4. The van der Waals surface area contributed by atoms with Crippen molar-refractivity contribution in [1.82, 2.24) is 4.72 Å². The summed E-state index contributed by atoms with van der Waals surface area (Å²) in [5, 5.41) is 0.902. The molecule has 0 saturated carbocycles. The molecule has 4 rings (SSSR count).